The van der Waals surface area contributed by atoms with Crippen LogP contribution in [0.5, 0.6) is 17.2 Å². The molecule has 1 heterocycles. The molecule has 0 unspecified atom stereocenters. The lowest BCUT2D eigenvalue weighted by molar-refractivity contribution is -0.384. The maximum absolute atomic E-state index is 12.9. The van der Waals surface area contributed by atoms with Gasteiger partial charge in [-0.15, -0.1) is 0 Å². The predicted molar refractivity (Wildman–Crippen MR) is 112 cm³/mol. The van der Waals surface area contributed by atoms with Gasteiger partial charge >= 0.3 is 0 Å². The molecule has 1 amide bonds. The zero-order valence-electron chi connectivity index (χ0n) is 17.3. The molecule has 9 nitrogen and oxygen atoms in total. The number of hydrogen-bond acceptors (Lipinski definition) is 7. The van der Waals surface area contributed by atoms with E-state index in [4.69, 9.17) is 14.2 Å². The summed E-state index contributed by atoms with van der Waals surface area (Å²) in [4.78, 5) is 27.2. The fraction of sp³-hybridized carbons (Fsp3) is 0.381. The van der Waals surface area contributed by atoms with Crippen LogP contribution in [0.25, 0.3) is 0 Å². The Morgan fingerprint density at radius 3 is 2.10 bits per heavy atom. The molecule has 0 atom stereocenters. The summed E-state index contributed by atoms with van der Waals surface area (Å²) in [6.07, 6.45) is 0.195. The molecule has 30 heavy (non-hydrogen) atoms. The zero-order chi connectivity index (χ0) is 21.7. The summed E-state index contributed by atoms with van der Waals surface area (Å²) in [5, 5.41) is 10.8. The Balaban J connectivity index is 1.64. The van der Waals surface area contributed by atoms with Gasteiger partial charge < -0.3 is 24.0 Å². The normalized spacial score (nSPS) is 13.7. The van der Waals surface area contributed by atoms with E-state index >= 15 is 0 Å². The van der Waals surface area contributed by atoms with Gasteiger partial charge in [-0.25, -0.2) is 0 Å². The highest BCUT2D eigenvalue weighted by Gasteiger charge is 2.24. The molecule has 2 aromatic carbocycles. The van der Waals surface area contributed by atoms with E-state index in [1.165, 1.54) is 26.4 Å². The van der Waals surface area contributed by atoms with Crippen molar-refractivity contribution in [1.82, 2.24) is 4.90 Å². The van der Waals surface area contributed by atoms with Crippen molar-refractivity contribution in [2.45, 2.75) is 6.42 Å². The average Bonchev–Trinajstić information content (AvgIpc) is 2.78. The van der Waals surface area contributed by atoms with Crippen molar-refractivity contribution in [2.75, 3.05) is 52.4 Å². The molecule has 1 aliphatic rings. The number of carbonyl (C=O) groups is 1. The number of hydrogen-bond donors (Lipinski definition) is 0. The fourth-order valence-corrected chi connectivity index (χ4v) is 3.58. The number of amides is 1. The highest BCUT2D eigenvalue weighted by atomic mass is 16.6. The summed E-state index contributed by atoms with van der Waals surface area (Å²) in [7, 11) is 4.62. The topological polar surface area (TPSA) is 94.4 Å². The highest BCUT2D eigenvalue weighted by Crippen LogP contribution is 2.40. The summed E-state index contributed by atoms with van der Waals surface area (Å²) in [6, 6.07) is 10.0. The third-order valence-electron chi connectivity index (χ3n) is 5.19. The molecule has 0 aliphatic carbocycles. The minimum atomic E-state index is -0.414. The number of piperazine rings is 1. The van der Waals surface area contributed by atoms with E-state index < -0.39 is 4.92 Å². The number of methoxy groups -OCH3 is 3. The van der Waals surface area contributed by atoms with Gasteiger partial charge in [-0.05, 0) is 18.2 Å². The molecule has 0 N–H and O–H groups in total. The third kappa shape index (κ3) is 4.40. The first-order chi connectivity index (χ1) is 14.5. The van der Waals surface area contributed by atoms with Crippen molar-refractivity contribution < 1.29 is 23.9 Å². The first kappa shape index (κ1) is 21.2. The minimum absolute atomic E-state index is 0.00358. The molecule has 0 aromatic heterocycles. The number of carbonyl (C=O) groups excluding carboxylic acids is 1. The van der Waals surface area contributed by atoms with E-state index in [0.717, 1.165) is 11.3 Å². The van der Waals surface area contributed by atoms with Gasteiger partial charge in [-0.2, -0.15) is 0 Å². The van der Waals surface area contributed by atoms with Crippen LogP contribution in [0, 0.1) is 10.1 Å². The summed E-state index contributed by atoms with van der Waals surface area (Å²) < 4.78 is 16.1. The van der Waals surface area contributed by atoms with E-state index in [1.54, 1.807) is 25.3 Å². The van der Waals surface area contributed by atoms with Crippen LogP contribution in [0.1, 0.15) is 5.56 Å². The molecule has 1 aliphatic heterocycles. The second-order valence-electron chi connectivity index (χ2n) is 6.81. The van der Waals surface area contributed by atoms with Crippen LogP contribution in [0.3, 0.4) is 0 Å². The molecule has 3 rings (SSSR count). The third-order valence-corrected chi connectivity index (χ3v) is 5.19. The molecule has 0 bridgehead atoms. The predicted octanol–water partition coefficient (Wildman–Crippen LogP) is 2.51. The summed E-state index contributed by atoms with van der Waals surface area (Å²) in [5.74, 6) is 1.51. The fourth-order valence-electron chi connectivity index (χ4n) is 3.58. The van der Waals surface area contributed by atoms with Gasteiger partial charge in [-0.1, -0.05) is 6.07 Å². The monoisotopic (exact) mass is 415 g/mol. The standard InChI is InChI=1S/C21H25N3O6/c1-28-18-9-4-15(20(29-2)21(18)30-3)14-19(25)23-12-10-22(11-13-23)16-5-7-17(8-6-16)24(26)27/h4-9H,10-14H2,1-3H3. The van der Waals surface area contributed by atoms with Crippen LogP contribution >= 0.6 is 0 Å². The molecular formula is C21H25N3O6. The Kier molecular flexibility index (Phi) is 6.61. The molecule has 1 fully saturated rings. The average molecular weight is 415 g/mol. The molecule has 0 radical (unpaired) electrons. The molecule has 0 saturated carbocycles. The second-order valence-corrected chi connectivity index (χ2v) is 6.81. The SMILES string of the molecule is COc1ccc(CC(=O)N2CCN(c3ccc([N+](=O)[O-])cc3)CC2)c(OC)c1OC. The molecule has 0 spiro atoms. The number of non-ortho nitro benzene ring substituents is 1. The maximum Gasteiger partial charge on any atom is 0.269 e. The maximum atomic E-state index is 12.9. The lowest BCUT2D eigenvalue weighted by Gasteiger charge is -2.36. The number of nitrogens with zero attached hydrogens (tertiary/aromatic N) is 3. The Morgan fingerprint density at radius 2 is 1.57 bits per heavy atom. The first-order valence-corrected chi connectivity index (χ1v) is 9.53. The van der Waals surface area contributed by atoms with Crippen molar-refractivity contribution in [2.24, 2.45) is 0 Å². The first-order valence-electron chi connectivity index (χ1n) is 9.53. The van der Waals surface area contributed by atoms with Gasteiger partial charge in [0.2, 0.25) is 11.7 Å². The van der Waals surface area contributed by atoms with Gasteiger partial charge in [0.15, 0.2) is 11.5 Å². The van der Waals surface area contributed by atoms with Crippen LogP contribution in [0.15, 0.2) is 36.4 Å². The molecule has 160 valence electrons. The van der Waals surface area contributed by atoms with Gasteiger partial charge in [0.25, 0.3) is 5.69 Å². The van der Waals surface area contributed by atoms with Crippen molar-refractivity contribution >= 4 is 17.3 Å². The van der Waals surface area contributed by atoms with E-state index in [0.29, 0.717) is 43.4 Å². The zero-order valence-corrected chi connectivity index (χ0v) is 17.3. The van der Waals surface area contributed by atoms with Crippen molar-refractivity contribution in [3.8, 4) is 17.2 Å². The van der Waals surface area contributed by atoms with Crippen LogP contribution in [-0.4, -0.2) is 63.2 Å². The van der Waals surface area contributed by atoms with Crippen molar-refractivity contribution in [3.05, 3.63) is 52.1 Å². The number of nitro groups is 1. The summed E-state index contributed by atoms with van der Waals surface area (Å²) in [6.45, 7) is 2.47. The van der Waals surface area contributed by atoms with Crippen LogP contribution < -0.4 is 19.1 Å². The Labute approximate surface area is 174 Å². The van der Waals surface area contributed by atoms with Gasteiger partial charge in [0, 0.05) is 49.6 Å². The summed E-state index contributed by atoms with van der Waals surface area (Å²) in [5.41, 5.74) is 1.71. The van der Waals surface area contributed by atoms with Crippen molar-refractivity contribution in [1.29, 1.82) is 0 Å². The summed E-state index contributed by atoms with van der Waals surface area (Å²) >= 11 is 0. The molecular weight excluding hydrogens is 390 g/mol. The van der Waals surface area contributed by atoms with Gasteiger partial charge in [-0.3, -0.25) is 14.9 Å². The van der Waals surface area contributed by atoms with Gasteiger partial charge in [0.05, 0.1) is 32.7 Å². The smallest absolute Gasteiger partial charge is 0.269 e. The Hall–Kier alpha value is -3.49. The number of anilines is 1. The van der Waals surface area contributed by atoms with Crippen LogP contribution in [0.2, 0.25) is 0 Å². The minimum Gasteiger partial charge on any atom is -0.493 e. The number of ether oxygens (including phenoxy) is 3. The van der Waals surface area contributed by atoms with Crippen LogP contribution in [-0.2, 0) is 11.2 Å². The quantitative estimate of drug-likeness (QED) is 0.507. The van der Waals surface area contributed by atoms with E-state index in [2.05, 4.69) is 4.90 Å². The van der Waals surface area contributed by atoms with Crippen molar-refractivity contribution in [3.63, 3.8) is 0 Å². The van der Waals surface area contributed by atoms with Gasteiger partial charge in [0.1, 0.15) is 0 Å². The lowest BCUT2D eigenvalue weighted by atomic mass is 10.1. The number of benzene rings is 2. The number of rotatable bonds is 7. The van der Waals surface area contributed by atoms with E-state index in [1.807, 2.05) is 11.0 Å². The highest BCUT2D eigenvalue weighted by molar-refractivity contribution is 5.80. The Bertz CT molecular complexity index is 908. The van der Waals surface area contributed by atoms with Crippen LogP contribution in [0.4, 0.5) is 11.4 Å². The largest absolute Gasteiger partial charge is 0.493 e. The lowest BCUT2D eigenvalue weighted by Crippen LogP contribution is -2.49. The molecule has 2 aromatic rings. The molecule has 9 heteroatoms. The van der Waals surface area contributed by atoms with E-state index in [9.17, 15) is 14.9 Å². The Morgan fingerprint density at radius 1 is 0.933 bits per heavy atom. The second kappa shape index (κ2) is 9.34. The number of nitro benzene ring substituents is 1. The molecule has 1 saturated heterocycles. The van der Waals surface area contributed by atoms with E-state index in [-0.39, 0.29) is 18.0 Å².